The van der Waals surface area contributed by atoms with E-state index in [1.165, 1.54) is 5.56 Å². The molecule has 0 radical (unpaired) electrons. The van der Waals surface area contributed by atoms with Crippen molar-refractivity contribution in [3.05, 3.63) is 62.6 Å². The molecule has 2 atom stereocenters. The predicted octanol–water partition coefficient (Wildman–Crippen LogP) is 6.15. The lowest BCUT2D eigenvalue weighted by Crippen LogP contribution is -2.43. The summed E-state index contributed by atoms with van der Waals surface area (Å²) in [5.74, 6) is 0.493. The molecule has 8 heteroatoms. The number of piperidine rings is 1. The van der Waals surface area contributed by atoms with Gasteiger partial charge < -0.3 is 16.0 Å². The Morgan fingerprint density at radius 3 is 2.44 bits per heavy atom. The first-order valence-corrected chi connectivity index (χ1v) is 12.2. The molecule has 2 saturated heterocycles. The molecule has 2 fully saturated rings. The minimum atomic E-state index is -0.308. The zero-order valence-electron chi connectivity index (χ0n) is 18.2. The Labute approximate surface area is 204 Å². The first kappa shape index (κ1) is 23.5. The molecular weight excluding hydrogens is 467 g/mol. The maximum atomic E-state index is 11.4. The van der Waals surface area contributed by atoms with Crippen LogP contribution in [0.4, 0.5) is 10.5 Å². The molecule has 2 aromatic rings. The lowest BCUT2D eigenvalue weighted by atomic mass is 9.88. The first-order chi connectivity index (χ1) is 15.3. The molecule has 0 spiro atoms. The summed E-state index contributed by atoms with van der Waals surface area (Å²) in [6.07, 6.45) is 3.19. The highest BCUT2D eigenvalue weighted by atomic mass is 35.5. The van der Waals surface area contributed by atoms with Crippen molar-refractivity contribution in [1.82, 2.24) is 9.80 Å². The van der Waals surface area contributed by atoms with Gasteiger partial charge in [-0.2, -0.15) is 0 Å². The van der Waals surface area contributed by atoms with E-state index >= 15 is 0 Å². The van der Waals surface area contributed by atoms with Crippen LogP contribution < -0.4 is 11.1 Å². The number of halogens is 3. The van der Waals surface area contributed by atoms with Gasteiger partial charge >= 0.3 is 6.03 Å². The van der Waals surface area contributed by atoms with Crippen LogP contribution in [0.15, 0.2) is 36.4 Å². The largest absolute Gasteiger partial charge is 0.377 e. The molecule has 2 aliphatic rings. The van der Waals surface area contributed by atoms with E-state index in [2.05, 4.69) is 29.3 Å². The smallest absolute Gasteiger partial charge is 0.314 e. The lowest BCUT2D eigenvalue weighted by Gasteiger charge is -2.36. The third-order valence-corrected chi connectivity index (χ3v) is 7.68. The summed E-state index contributed by atoms with van der Waals surface area (Å²) in [5.41, 5.74) is 8.63. The molecule has 2 aromatic carbocycles. The Kier molecular flexibility index (Phi) is 7.40. The Balaban J connectivity index is 1.39. The fraction of sp³-hybridized carbons (Fsp3) is 0.458. The molecule has 0 bridgehead atoms. The van der Waals surface area contributed by atoms with E-state index in [9.17, 15) is 4.79 Å². The number of benzene rings is 2. The molecular formula is C24H29Cl3N4O. The van der Waals surface area contributed by atoms with Crippen molar-refractivity contribution in [2.24, 2.45) is 5.73 Å². The molecule has 0 saturated carbocycles. The summed E-state index contributed by atoms with van der Waals surface area (Å²) in [6.45, 7) is 5.64. The second kappa shape index (κ2) is 10.1. The standard InChI is InChI=1S/C24H29Cl3N4O/c1-15(20-4-3-18(25)13-22(20)27)29-23-12-17(2-5-21(23)26)16-6-9-30(10-7-16)19-8-11-31(14-19)24(28)32/h2-5,12-13,15-16,19,29H,6-11,14H2,1H3,(H2,28,32)/t15?,19-/m1/s1. The van der Waals surface area contributed by atoms with Gasteiger partial charge in [0, 0.05) is 29.2 Å². The van der Waals surface area contributed by atoms with E-state index in [0.717, 1.165) is 56.7 Å². The Morgan fingerprint density at radius 1 is 1.03 bits per heavy atom. The van der Waals surface area contributed by atoms with Crippen molar-refractivity contribution in [3.63, 3.8) is 0 Å². The van der Waals surface area contributed by atoms with Crippen molar-refractivity contribution in [3.8, 4) is 0 Å². The molecule has 1 unspecified atom stereocenters. The normalized spacial score (nSPS) is 21.0. The van der Waals surface area contributed by atoms with Crippen molar-refractivity contribution in [2.45, 2.75) is 44.2 Å². The fourth-order valence-electron chi connectivity index (χ4n) is 4.91. The van der Waals surface area contributed by atoms with Gasteiger partial charge in [-0.05, 0) is 80.6 Å². The number of hydrogen-bond donors (Lipinski definition) is 2. The van der Waals surface area contributed by atoms with Crippen molar-refractivity contribution in [1.29, 1.82) is 0 Å². The van der Waals surface area contributed by atoms with Gasteiger partial charge in [-0.15, -0.1) is 0 Å². The second-order valence-electron chi connectivity index (χ2n) is 8.81. The van der Waals surface area contributed by atoms with Crippen molar-refractivity contribution >= 4 is 46.5 Å². The summed E-state index contributed by atoms with van der Waals surface area (Å²) >= 11 is 18.9. The molecule has 2 heterocycles. The van der Waals surface area contributed by atoms with Gasteiger partial charge in [0.15, 0.2) is 0 Å². The second-order valence-corrected chi connectivity index (χ2v) is 10.1. The molecule has 5 nitrogen and oxygen atoms in total. The van der Waals surface area contributed by atoms with Gasteiger partial charge in [0.1, 0.15) is 0 Å². The maximum absolute atomic E-state index is 11.4. The topological polar surface area (TPSA) is 61.6 Å². The summed E-state index contributed by atoms with van der Waals surface area (Å²) < 4.78 is 0. The van der Waals surface area contributed by atoms with E-state index in [-0.39, 0.29) is 12.1 Å². The molecule has 0 aliphatic carbocycles. The van der Waals surface area contributed by atoms with Crippen LogP contribution in [0.2, 0.25) is 15.1 Å². The number of amides is 2. The van der Waals surface area contributed by atoms with Crippen LogP contribution in [0.1, 0.15) is 49.3 Å². The third kappa shape index (κ3) is 5.28. The Hall–Kier alpha value is -1.66. The van der Waals surface area contributed by atoms with E-state index in [1.54, 1.807) is 11.0 Å². The number of carbonyl (C=O) groups excluding carboxylic acids is 1. The number of nitrogens with one attached hydrogen (secondary N) is 1. The molecule has 2 aliphatic heterocycles. The average Bonchev–Trinajstić information content (AvgIpc) is 3.26. The maximum Gasteiger partial charge on any atom is 0.314 e. The molecule has 4 rings (SSSR count). The fourth-order valence-corrected chi connectivity index (χ4v) is 5.65. The van der Waals surface area contributed by atoms with E-state index in [0.29, 0.717) is 27.0 Å². The van der Waals surface area contributed by atoms with E-state index < -0.39 is 0 Å². The van der Waals surface area contributed by atoms with E-state index in [1.807, 2.05) is 18.2 Å². The highest BCUT2D eigenvalue weighted by Gasteiger charge is 2.32. The zero-order valence-corrected chi connectivity index (χ0v) is 20.4. The Morgan fingerprint density at radius 2 is 1.78 bits per heavy atom. The minimum absolute atomic E-state index is 0.00932. The summed E-state index contributed by atoms with van der Waals surface area (Å²) in [7, 11) is 0. The highest BCUT2D eigenvalue weighted by molar-refractivity contribution is 6.35. The number of primary amides is 1. The molecule has 0 aromatic heterocycles. The van der Waals surface area contributed by atoms with Crippen LogP contribution in [0.3, 0.4) is 0 Å². The number of rotatable bonds is 5. The SMILES string of the molecule is CC(Nc1cc(C2CCN([C@@H]3CCN(C(N)=O)C3)CC2)ccc1Cl)c1ccc(Cl)cc1Cl. The Bertz CT molecular complexity index is 978. The quantitative estimate of drug-likeness (QED) is 0.523. The minimum Gasteiger partial charge on any atom is -0.377 e. The number of nitrogens with two attached hydrogens (primary N) is 1. The average molecular weight is 496 g/mol. The van der Waals surface area contributed by atoms with Gasteiger partial charge in [-0.1, -0.05) is 46.9 Å². The number of nitrogens with zero attached hydrogens (tertiary/aromatic N) is 2. The zero-order chi connectivity index (χ0) is 22.8. The molecule has 2 amide bonds. The van der Waals surface area contributed by atoms with Gasteiger partial charge in [-0.25, -0.2) is 4.79 Å². The van der Waals surface area contributed by atoms with Crippen LogP contribution in [-0.4, -0.2) is 48.1 Å². The highest BCUT2D eigenvalue weighted by Crippen LogP contribution is 2.36. The first-order valence-electron chi connectivity index (χ1n) is 11.1. The number of likely N-dealkylation sites (tertiary alicyclic amines) is 2. The number of hydrogen-bond acceptors (Lipinski definition) is 3. The number of anilines is 1. The monoisotopic (exact) mass is 494 g/mol. The van der Waals surface area contributed by atoms with Gasteiger partial charge in [0.25, 0.3) is 0 Å². The van der Waals surface area contributed by atoms with Crippen LogP contribution in [-0.2, 0) is 0 Å². The number of carbonyl (C=O) groups is 1. The van der Waals surface area contributed by atoms with Crippen LogP contribution in [0.25, 0.3) is 0 Å². The molecule has 32 heavy (non-hydrogen) atoms. The third-order valence-electron chi connectivity index (χ3n) is 6.78. The lowest BCUT2D eigenvalue weighted by molar-refractivity contribution is 0.153. The predicted molar refractivity (Wildman–Crippen MR) is 133 cm³/mol. The van der Waals surface area contributed by atoms with E-state index in [4.69, 9.17) is 40.5 Å². The van der Waals surface area contributed by atoms with Crippen LogP contribution >= 0.6 is 34.8 Å². The number of urea groups is 1. The van der Waals surface area contributed by atoms with Crippen LogP contribution in [0.5, 0.6) is 0 Å². The summed E-state index contributed by atoms with van der Waals surface area (Å²) in [5, 5.41) is 5.47. The molecule has 172 valence electrons. The summed E-state index contributed by atoms with van der Waals surface area (Å²) in [6, 6.07) is 11.9. The van der Waals surface area contributed by atoms with Gasteiger partial charge in [-0.3, -0.25) is 4.90 Å². The van der Waals surface area contributed by atoms with Crippen molar-refractivity contribution < 1.29 is 4.79 Å². The summed E-state index contributed by atoms with van der Waals surface area (Å²) in [4.78, 5) is 15.7. The van der Waals surface area contributed by atoms with Crippen LogP contribution in [0, 0.1) is 0 Å². The van der Waals surface area contributed by atoms with Gasteiger partial charge in [0.2, 0.25) is 0 Å². The van der Waals surface area contributed by atoms with Crippen molar-refractivity contribution in [2.75, 3.05) is 31.5 Å². The molecule has 3 N–H and O–H groups in total. The van der Waals surface area contributed by atoms with Gasteiger partial charge in [0.05, 0.1) is 16.8 Å².